The quantitative estimate of drug-likeness (QED) is 0.368. The number of hydrazine groups is 1. The Kier molecular flexibility index (Phi) is 4.76. The molecular weight excluding hydrogens is 256 g/mol. The third-order valence-electron chi connectivity index (χ3n) is 3.12. The van der Waals surface area contributed by atoms with Gasteiger partial charge in [0.2, 0.25) is 0 Å². The van der Waals surface area contributed by atoms with E-state index in [4.69, 9.17) is 15.0 Å². The molecule has 20 heavy (non-hydrogen) atoms. The number of nitrogen functional groups attached to an aromatic ring is 1. The SMILES string of the molecule is CC(C)CCOCc1c(C(=O)NN)oc2ccccc12. The number of ether oxygens (including phenoxy) is 1. The van der Waals surface area contributed by atoms with Crippen molar-refractivity contribution in [3.05, 3.63) is 35.6 Å². The van der Waals surface area contributed by atoms with Crippen LogP contribution in [0.3, 0.4) is 0 Å². The van der Waals surface area contributed by atoms with Gasteiger partial charge in [-0.2, -0.15) is 0 Å². The molecule has 0 bridgehead atoms. The molecule has 1 amide bonds. The summed E-state index contributed by atoms with van der Waals surface area (Å²) in [6, 6.07) is 7.49. The highest BCUT2D eigenvalue weighted by atomic mass is 16.5. The molecule has 0 unspecified atom stereocenters. The van der Waals surface area contributed by atoms with Crippen molar-refractivity contribution in [2.75, 3.05) is 6.61 Å². The number of carbonyl (C=O) groups excluding carboxylic acids is 1. The number of para-hydroxylation sites is 1. The van der Waals surface area contributed by atoms with Gasteiger partial charge in [-0.3, -0.25) is 10.2 Å². The average molecular weight is 276 g/mol. The van der Waals surface area contributed by atoms with Gasteiger partial charge in [0.05, 0.1) is 6.61 Å². The number of carbonyl (C=O) groups is 1. The van der Waals surface area contributed by atoms with E-state index in [1.807, 2.05) is 24.3 Å². The first kappa shape index (κ1) is 14.6. The van der Waals surface area contributed by atoms with Crippen molar-refractivity contribution >= 4 is 16.9 Å². The molecule has 1 aromatic heterocycles. The monoisotopic (exact) mass is 276 g/mol. The summed E-state index contributed by atoms with van der Waals surface area (Å²) in [5.41, 5.74) is 3.51. The molecule has 0 aliphatic heterocycles. The van der Waals surface area contributed by atoms with E-state index in [1.165, 1.54) is 0 Å². The molecule has 0 aliphatic carbocycles. The fourth-order valence-corrected chi connectivity index (χ4v) is 1.98. The Morgan fingerprint density at radius 3 is 2.85 bits per heavy atom. The second-order valence-corrected chi connectivity index (χ2v) is 5.11. The Morgan fingerprint density at radius 1 is 1.40 bits per heavy atom. The lowest BCUT2D eigenvalue weighted by Gasteiger charge is -2.06. The zero-order valence-corrected chi connectivity index (χ0v) is 11.8. The van der Waals surface area contributed by atoms with Gasteiger partial charge in [0, 0.05) is 17.6 Å². The molecule has 0 aliphatic rings. The molecule has 0 atom stereocenters. The molecule has 0 fully saturated rings. The van der Waals surface area contributed by atoms with Crippen molar-refractivity contribution in [3.8, 4) is 0 Å². The van der Waals surface area contributed by atoms with Crippen molar-refractivity contribution in [1.82, 2.24) is 5.43 Å². The Bertz CT molecular complexity index is 590. The summed E-state index contributed by atoms with van der Waals surface area (Å²) in [7, 11) is 0. The molecule has 0 saturated carbocycles. The summed E-state index contributed by atoms with van der Waals surface area (Å²) >= 11 is 0. The summed E-state index contributed by atoms with van der Waals surface area (Å²) in [5.74, 6) is 5.55. The first-order valence-electron chi connectivity index (χ1n) is 6.72. The third kappa shape index (κ3) is 3.18. The van der Waals surface area contributed by atoms with Gasteiger partial charge in [0.15, 0.2) is 5.76 Å². The van der Waals surface area contributed by atoms with E-state index < -0.39 is 5.91 Å². The number of rotatable bonds is 6. The van der Waals surface area contributed by atoms with E-state index in [0.717, 1.165) is 17.4 Å². The first-order chi connectivity index (χ1) is 9.63. The van der Waals surface area contributed by atoms with Gasteiger partial charge in [-0.05, 0) is 18.4 Å². The molecule has 0 saturated heterocycles. The topological polar surface area (TPSA) is 77.5 Å². The Balaban J connectivity index is 2.22. The van der Waals surface area contributed by atoms with E-state index >= 15 is 0 Å². The zero-order chi connectivity index (χ0) is 14.5. The van der Waals surface area contributed by atoms with Crippen LogP contribution in [0.4, 0.5) is 0 Å². The number of hydrogen-bond acceptors (Lipinski definition) is 4. The Hall–Kier alpha value is -1.85. The van der Waals surface area contributed by atoms with Crippen LogP contribution in [-0.2, 0) is 11.3 Å². The maximum Gasteiger partial charge on any atom is 0.301 e. The van der Waals surface area contributed by atoms with Crippen molar-refractivity contribution in [1.29, 1.82) is 0 Å². The van der Waals surface area contributed by atoms with Crippen LogP contribution in [0.5, 0.6) is 0 Å². The van der Waals surface area contributed by atoms with E-state index in [0.29, 0.717) is 24.7 Å². The van der Waals surface area contributed by atoms with E-state index in [1.54, 1.807) is 0 Å². The fraction of sp³-hybridized carbons (Fsp3) is 0.400. The van der Waals surface area contributed by atoms with Gasteiger partial charge in [0.1, 0.15) is 5.58 Å². The van der Waals surface area contributed by atoms with E-state index in [9.17, 15) is 4.79 Å². The average Bonchev–Trinajstić information content (AvgIpc) is 2.81. The summed E-state index contributed by atoms with van der Waals surface area (Å²) in [5, 5.41) is 0.885. The molecule has 5 heteroatoms. The third-order valence-corrected chi connectivity index (χ3v) is 3.12. The van der Waals surface area contributed by atoms with Crippen LogP contribution in [0.2, 0.25) is 0 Å². The van der Waals surface area contributed by atoms with Gasteiger partial charge in [-0.15, -0.1) is 0 Å². The number of benzene rings is 1. The minimum absolute atomic E-state index is 0.221. The van der Waals surface area contributed by atoms with Crippen molar-refractivity contribution in [2.24, 2.45) is 11.8 Å². The molecule has 5 nitrogen and oxygen atoms in total. The van der Waals surface area contributed by atoms with Crippen LogP contribution in [0, 0.1) is 5.92 Å². The normalized spacial score (nSPS) is 11.2. The lowest BCUT2D eigenvalue weighted by molar-refractivity contribution is 0.0903. The second-order valence-electron chi connectivity index (χ2n) is 5.11. The van der Waals surface area contributed by atoms with Crippen molar-refractivity contribution in [3.63, 3.8) is 0 Å². The molecule has 108 valence electrons. The number of fused-ring (bicyclic) bond motifs is 1. The van der Waals surface area contributed by atoms with Gasteiger partial charge >= 0.3 is 5.91 Å². The van der Waals surface area contributed by atoms with Crippen LogP contribution in [0.1, 0.15) is 36.4 Å². The number of nitrogens with one attached hydrogen (secondary N) is 1. The minimum Gasteiger partial charge on any atom is -0.450 e. The summed E-state index contributed by atoms with van der Waals surface area (Å²) in [4.78, 5) is 11.8. The molecule has 2 rings (SSSR count). The number of nitrogens with two attached hydrogens (primary N) is 1. The van der Waals surface area contributed by atoms with E-state index in [-0.39, 0.29) is 5.76 Å². The fourth-order valence-electron chi connectivity index (χ4n) is 1.98. The van der Waals surface area contributed by atoms with Gasteiger partial charge in [-0.25, -0.2) is 5.84 Å². The van der Waals surface area contributed by atoms with Crippen LogP contribution < -0.4 is 11.3 Å². The van der Waals surface area contributed by atoms with Crippen LogP contribution in [0.15, 0.2) is 28.7 Å². The maximum absolute atomic E-state index is 11.8. The molecule has 1 heterocycles. The van der Waals surface area contributed by atoms with E-state index in [2.05, 4.69) is 19.3 Å². The Labute approximate surface area is 118 Å². The summed E-state index contributed by atoms with van der Waals surface area (Å²) in [6.45, 7) is 5.28. The van der Waals surface area contributed by atoms with Crippen molar-refractivity contribution < 1.29 is 13.9 Å². The van der Waals surface area contributed by atoms with Gasteiger partial charge in [0.25, 0.3) is 0 Å². The molecular formula is C15H20N2O3. The highest BCUT2D eigenvalue weighted by Crippen LogP contribution is 2.26. The molecule has 0 spiro atoms. The zero-order valence-electron chi connectivity index (χ0n) is 11.8. The standard InChI is InChI=1S/C15H20N2O3/c1-10(2)7-8-19-9-12-11-5-3-4-6-13(11)20-14(12)15(18)17-16/h3-6,10H,7-9,16H2,1-2H3,(H,17,18). The highest BCUT2D eigenvalue weighted by molar-refractivity contribution is 5.98. The lowest BCUT2D eigenvalue weighted by atomic mass is 10.1. The highest BCUT2D eigenvalue weighted by Gasteiger charge is 2.19. The van der Waals surface area contributed by atoms with Gasteiger partial charge < -0.3 is 9.15 Å². The van der Waals surface area contributed by atoms with Crippen molar-refractivity contribution in [2.45, 2.75) is 26.9 Å². The minimum atomic E-state index is -0.441. The van der Waals surface area contributed by atoms with Crippen LogP contribution >= 0.6 is 0 Å². The molecule has 3 N–H and O–H groups in total. The molecule has 1 aromatic carbocycles. The predicted molar refractivity (Wildman–Crippen MR) is 77.0 cm³/mol. The summed E-state index contributed by atoms with van der Waals surface area (Å²) in [6.07, 6.45) is 0.980. The largest absolute Gasteiger partial charge is 0.450 e. The number of amides is 1. The van der Waals surface area contributed by atoms with Crippen LogP contribution in [0.25, 0.3) is 11.0 Å². The summed E-state index contributed by atoms with van der Waals surface area (Å²) < 4.78 is 11.2. The number of hydrogen-bond donors (Lipinski definition) is 2. The van der Waals surface area contributed by atoms with Crippen LogP contribution in [-0.4, -0.2) is 12.5 Å². The lowest BCUT2D eigenvalue weighted by Crippen LogP contribution is -2.30. The number of furan rings is 1. The molecule has 2 aromatic rings. The predicted octanol–water partition coefficient (Wildman–Crippen LogP) is 2.60. The molecule has 0 radical (unpaired) electrons. The van der Waals surface area contributed by atoms with Gasteiger partial charge in [-0.1, -0.05) is 32.0 Å². The Morgan fingerprint density at radius 2 is 2.15 bits per heavy atom. The first-order valence-corrected chi connectivity index (χ1v) is 6.72. The second kappa shape index (κ2) is 6.54. The maximum atomic E-state index is 11.8. The smallest absolute Gasteiger partial charge is 0.301 e.